The summed E-state index contributed by atoms with van der Waals surface area (Å²) in [6.07, 6.45) is 3.12. The van der Waals surface area contributed by atoms with E-state index in [2.05, 4.69) is 27.1 Å². The van der Waals surface area contributed by atoms with Gasteiger partial charge in [-0.2, -0.15) is 0 Å². The second-order valence-corrected chi connectivity index (χ2v) is 8.73. The van der Waals surface area contributed by atoms with Crippen molar-refractivity contribution in [1.29, 1.82) is 0 Å². The van der Waals surface area contributed by atoms with Gasteiger partial charge in [-0.3, -0.25) is 4.79 Å². The number of nitrogens with zero attached hydrogens (tertiary/aromatic N) is 3. The Hall–Kier alpha value is -3.91. The summed E-state index contributed by atoms with van der Waals surface area (Å²) in [5.74, 6) is 1.42. The number of amides is 1. The maximum atomic E-state index is 11.7. The number of piperidine rings is 1. The zero-order valence-corrected chi connectivity index (χ0v) is 19.8. The second kappa shape index (κ2) is 9.76. The van der Waals surface area contributed by atoms with Gasteiger partial charge in [0.25, 0.3) is 0 Å². The monoisotopic (exact) mass is 472 g/mol. The fourth-order valence-corrected chi connectivity index (χ4v) is 4.53. The first-order chi connectivity index (χ1) is 17.1. The van der Waals surface area contributed by atoms with Gasteiger partial charge in [0.2, 0.25) is 5.91 Å². The van der Waals surface area contributed by atoms with Crippen molar-refractivity contribution in [3.8, 4) is 34.0 Å². The Morgan fingerprint density at radius 2 is 1.83 bits per heavy atom. The number of aliphatic hydroxyl groups is 1. The summed E-state index contributed by atoms with van der Waals surface area (Å²) < 4.78 is 11.5. The lowest BCUT2D eigenvalue weighted by molar-refractivity contribution is -0.135. The third kappa shape index (κ3) is 4.70. The predicted molar refractivity (Wildman–Crippen MR) is 133 cm³/mol. The summed E-state index contributed by atoms with van der Waals surface area (Å²) in [5.41, 5.74) is 5.66. The molecular formula is C27H28N4O4. The van der Waals surface area contributed by atoms with E-state index in [0.717, 1.165) is 63.5 Å². The van der Waals surface area contributed by atoms with Crippen LogP contribution in [0.15, 0.2) is 54.9 Å². The minimum atomic E-state index is -0.439. The molecule has 1 saturated heterocycles. The van der Waals surface area contributed by atoms with Gasteiger partial charge >= 0.3 is 0 Å². The number of aryl methyl sites for hydroxylation is 1. The fraction of sp³-hybridized carbons (Fsp3) is 0.296. The van der Waals surface area contributed by atoms with E-state index in [1.807, 2.05) is 43.3 Å². The van der Waals surface area contributed by atoms with Crippen LogP contribution in [0.1, 0.15) is 18.4 Å². The molecule has 0 spiro atoms. The molecule has 35 heavy (non-hydrogen) atoms. The van der Waals surface area contributed by atoms with Gasteiger partial charge in [-0.15, -0.1) is 0 Å². The van der Waals surface area contributed by atoms with E-state index in [1.54, 1.807) is 18.3 Å². The molecule has 5 rings (SSSR count). The molecule has 0 atom stereocenters. The molecule has 0 unspecified atom stereocenters. The molecule has 1 amide bonds. The normalized spacial score (nSPS) is 14.3. The Labute approximate surface area is 203 Å². The van der Waals surface area contributed by atoms with E-state index in [4.69, 9.17) is 14.6 Å². The number of aromatic amines is 1. The maximum Gasteiger partial charge on any atom is 0.248 e. The number of hydrogen-bond acceptors (Lipinski definition) is 6. The molecule has 8 nitrogen and oxygen atoms in total. The molecule has 1 fully saturated rings. The zero-order valence-electron chi connectivity index (χ0n) is 19.8. The lowest BCUT2D eigenvalue weighted by atomic mass is 10.0. The van der Waals surface area contributed by atoms with Gasteiger partial charge in [-0.25, -0.2) is 9.97 Å². The molecule has 180 valence electrons. The van der Waals surface area contributed by atoms with Gasteiger partial charge < -0.3 is 24.5 Å². The third-order valence-corrected chi connectivity index (χ3v) is 6.50. The number of aromatic nitrogens is 3. The summed E-state index contributed by atoms with van der Waals surface area (Å²) in [6.45, 7) is 2.79. The van der Waals surface area contributed by atoms with Crippen LogP contribution in [0.25, 0.3) is 33.5 Å². The van der Waals surface area contributed by atoms with Crippen LogP contribution >= 0.6 is 0 Å². The van der Waals surface area contributed by atoms with Crippen LogP contribution in [-0.2, 0) is 4.79 Å². The Kier molecular flexibility index (Phi) is 6.37. The minimum Gasteiger partial charge on any atom is -0.497 e. The molecule has 0 bridgehead atoms. The summed E-state index contributed by atoms with van der Waals surface area (Å²) >= 11 is 0. The number of carbonyl (C=O) groups excluding carboxylic acids is 1. The van der Waals surface area contributed by atoms with Crippen molar-refractivity contribution >= 4 is 16.9 Å². The highest BCUT2D eigenvalue weighted by Gasteiger charge is 2.24. The highest BCUT2D eigenvalue weighted by molar-refractivity contribution is 5.94. The first-order valence-corrected chi connectivity index (χ1v) is 11.7. The van der Waals surface area contributed by atoms with Gasteiger partial charge in [-0.05, 0) is 66.6 Å². The Balaban J connectivity index is 1.36. The Morgan fingerprint density at radius 1 is 1.09 bits per heavy atom. The van der Waals surface area contributed by atoms with Crippen molar-refractivity contribution in [2.24, 2.45) is 0 Å². The molecule has 0 aliphatic carbocycles. The smallest absolute Gasteiger partial charge is 0.248 e. The molecule has 0 radical (unpaired) electrons. The number of fused-ring (bicyclic) bond motifs is 1. The van der Waals surface area contributed by atoms with E-state index < -0.39 is 6.61 Å². The van der Waals surface area contributed by atoms with Crippen molar-refractivity contribution in [2.45, 2.75) is 25.9 Å². The van der Waals surface area contributed by atoms with Crippen LogP contribution in [0.4, 0.5) is 0 Å². The minimum absolute atomic E-state index is 0.0461. The van der Waals surface area contributed by atoms with E-state index in [1.165, 1.54) is 0 Å². The average molecular weight is 473 g/mol. The van der Waals surface area contributed by atoms with Crippen molar-refractivity contribution in [3.05, 3.63) is 60.4 Å². The SMILES string of the molecule is COc1ccc(-c2cc3c(-c4ccc(OC5CCN(C(=O)CO)CC5)c(C)c4)ncnc3[nH]2)cc1. The second-order valence-electron chi connectivity index (χ2n) is 8.73. The number of methoxy groups -OCH3 is 1. The number of rotatable bonds is 6. The van der Waals surface area contributed by atoms with Crippen LogP contribution in [0, 0.1) is 6.92 Å². The number of carbonyl (C=O) groups is 1. The van der Waals surface area contributed by atoms with Gasteiger partial charge in [0.05, 0.1) is 12.8 Å². The lowest BCUT2D eigenvalue weighted by Gasteiger charge is -2.32. The van der Waals surface area contributed by atoms with Crippen LogP contribution in [0.5, 0.6) is 11.5 Å². The number of likely N-dealkylation sites (tertiary alicyclic amines) is 1. The summed E-state index contributed by atoms with van der Waals surface area (Å²) in [4.78, 5) is 25.8. The number of hydrogen-bond donors (Lipinski definition) is 2. The van der Waals surface area contributed by atoms with E-state index >= 15 is 0 Å². The van der Waals surface area contributed by atoms with Crippen molar-refractivity contribution in [1.82, 2.24) is 19.9 Å². The lowest BCUT2D eigenvalue weighted by Crippen LogP contribution is -2.42. The topological polar surface area (TPSA) is 101 Å². The molecule has 1 aliphatic rings. The number of aliphatic hydroxyl groups excluding tert-OH is 1. The van der Waals surface area contributed by atoms with Gasteiger partial charge in [0.1, 0.15) is 36.2 Å². The fourth-order valence-electron chi connectivity index (χ4n) is 4.53. The van der Waals surface area contributed by atoms with E-state index in [0.29, 0.717) is 13.1 Å². The van der Waals surface area contributed by atoms with Crippen LogP contribution in [0.2, 0.25) is 0 Å². The van der Waals surface area contributed by atoms with Crippen LogP contribution in [-0.4, -0.2) is 63.8 Å². The van der Waals surface area contributed by atoms with Crippen molar-refractivity contribution in [2.75, 3.05) is 26.8 Å². The summed E-state index contributed by atoms with van der Waals surface area (Å²) in [5, 5.41) is 10.0. The molecule has 2 aromatic heterocycles. The molecule has 2 aromatic carbocycles. The first kappa shape index (κ1) is 22.9. The number of nitrogens with one attached hydrogen (secondary N) is 1. The summed E-state index contributed by atoms with van der Waals surface area (Å²) in [7, 11) is 1.65. The predicted octanol–water partition coefficient (Wildman–Crippen LogP) is 3.97. The van der Waals surface area contributed by atoms with Crippen LogP contribution in [0.3, 0.4) is 0 Å². The van der Waals surface area contributed by atoms with Crippen molar-refractivity contribution in [3.63, 3.8) is 0 Å². The molecular weight excluding hydrogens is 444 g/mol. The van der Waals surface area contributed by atoms with Crippen LogP contribution < -0.4 is 9.47 Å². The standard InChI is InChI=1S/C27H28N4O4/c1-17-13-19(5-8-24(17)35-21-9-11-31(12-10-21)25(33)15-32)26-22-14-23(30-27(22)29-16-28-26)18-3-6-20(34-2)7-4-18/h3-8,13-14,16,21,32H,9-12,15H2,1-2H3,(H,28,29,30). The largest absolute Gasteiger partial charge is 0.497 e. The highest BCUT2D eigenvalue weighted by atomic mass is 16.5. The third-order valence-electron chi connectivity index (χ3n) is 6.50. The van der Waals surface area contributed by atoms with Crippen molar-refractivity contribution < 1.29 is 19.4 Å². The molecule has 1 aliphatic heterocycles. The van der Waals surface area contributed by atoms with Gasteiger partial charge in [-0.1, -0.05) is 0 Å². The average Bonchev–Trinajstić information content (AvgIpc) is 3.34. The zero-order chi connectivity index (χ0) is 24.4. The molecule has 3 heterocycles. The first-order valence-electron chi connectivity index (χ1n) is 11.7. The van der Waals surface area contributed by atoms with Gasteiger partial charge in [0, 0.05) is 42.6 Å². The highest BCUT2D eigenvalue weighted by Crippen LogP contribution is 2.33. The molecule has 2 N–H and O–H groups in total. The summed E-state index contributed by atoms with van der Waals surface area (Å²) in [6, 6.07) is 16.1. The number of ether oxygens (including phenoxy) is 2. The molecule has 4 aromatic rings. The quantitative estimate of drug-likeness (QED) is 0.440. The molecule has 8 heteroatoms. The Bertz CT molecular complexity index is 1340. The molecule has 0 saturated carbocycles. The Morgan fingerprint density at radius 3 is 2.51 bits per heavy atom. The number of H-pyrrole nitrogens is 1. The van der Waals surface area contributed by atoms with E-state index in [9.17, 15) is 4.79 Å². The van der Waals surface area contributed by atoms with Gasteiger partial charge in [0.15, 0.2) is 0 Å². The van der Waals surface area contributed by atoms with E-state index in [-0.39, 0.29) is 12.0 Å². The maximum absolute atomic E-state index is 11.7. The number of benzene rings is 2.